The molecule has 1 aromatic heterocycles. The Bertz CT molecular complexity index is 1200. The summed E-state index contributed by atoms with van der Waals surface area (Å²) in [4.78, 5) is 27.0. The first-order valence-corrected chi connectivity index (χ1v) is 9.86. The maximum Gasteiger partial charge on any atom is 0.301 e. The standard InChI is InChI=1S/C21H13Cl3N2O4/c1-10-8-16(25-30-10)26-18(12-4-7-14(23)15(24)9-12)17(20(28)21(26)29)19(27)11-2-5-13(22)6-3-11/h2-9,18,27H,1H3/b19-17+/t18-/m0/s1. The molecule has 0 saturated carbocycles. The molecule has 6 nitrogen and oxygen atoms in total. The average molecular weight is 464 g/mol. The van der Waals surface area contributed by atoms with Gasteiger partial charge in [0.15, 0.2) is 5.82 Å². The topological polar surface area (TPSA) is 83.6 Å². The first-order chi connectivity index (χ1) is 14.3. The van der Waals surface area contributed by atoms with Crippen LogP contribution in [0.25, 0.3) is 5.76 Å². The van der Waals surface area contributed by atoms with E-state index in [1.54, 1.807) is 43.3 Å². The van der Waals surface area contributed by atoms with Gasteiger partial charge in [-0.25, -0.2) is 0 Å². The monoisotopic (exact) mass is 462 g/mol. The summed E-state index contributed by atoms with van der Waals surface area (Å²) < 4.78 is 5.09. The molecule has 2 aromatic carbocycles. The van der Waals surface area contributed by atoms with Gasteiger partial charge in [0, 0.05) is 16.7 Å². The van der Waals surface area contributed by atoms with E-state index < -0.39 is 17.7 Å². The van der Waals surface area contributed by atoms with Gasteiger partial charge in [-0.15, -0.1) is 0 Å². The molecule has 2 heterocycles. The fourth-order valence-corrected chi connectivity index (χ4v) is 3.73. The number of benzene rings is 2. The summed E-state index contributed by atoms with van der Waals surface area (Å²) in [6.45, 7) is 1.66. The van der Waals surface area contributed by atoms with Crippen molar-refractivity contribution < 1.29 is 19.2 Å². The molecule has 3 aromatic rings. The van der Waals surface area contributed by atoms with Gasteiger partial charge in [-0.1, -0.05) is 46.0 Å². The Balaban J connectivity index is 1.96. The fraction of sp³-hybridized carbons (Fsp3) is 0.0952. The molecular weight excluding hydrogens is 451 g/mol. The number of carbonyl (C=O) groups is 2. The highest BCUT2D eigenvalue weighted by molar-refractivity contribution is 6.51. The summed E-state index contributed by atoms with van der Waals surface area (Å²) >= 11 is 18.1. The maximum absolute atomic E-state index is 13.0. The summed E-state index contributed by atoms with van der Waals surface area (Å²) in [7, 11) is 0. The van der Waals surface area contributed by atoms with E-state index in [0.717, 1.165) is 0 Å². The van der Waals surface area contributed by atoms with Crippen LogP contribution in [0.1, 0.15) is 22.9 Å². The van der Waals surface area contributed by atoms with Crippen molar-refractivity contribution in [3.8, 4) is 0 Å². The second-order valence-electron chi connectivity index (χ2n) is 6.65. The number of aryl methyl sites for hydroxylation is 1. The van der Waals surface area contributed by atoms with Gasteiger partial charge in [0.1, 0.15) is 11.5 Å². The highest BCUT2D eigenvalue weighted by Crippen LogP contribution is 2.43. The molecule has 152 valence electrons. The van der Waals surface area contributed by atoms with Gasteiger partial charge in [0.2, 0.25) is 0 Å². The fourth-order valence-electron chi connectivity index (χ4n) is 3.30. The van der Waals surface area contributed by atoms with Gasteiger partial charge in [0.25, 0.3) is 5.78 Å². The number of halogens is 3. The molecule has 1 N–H and O–H groups in total. The number of hydrogen-bond acceptors (Lipinski definition) is 5. The molecule has 30 heavy (non-hydrogen) atoms. The third-order valence-corrected chi connectivity index (χ3v) is 5.67. The zero-order chi connectivity index (χ0) is 21.6. The molecule has 0 radical (unpaired) electrons. The average Bonchev–Trinajstić information content (AvgIpc) is 3.25. The van der Waals surface area contributed by atoms with Gasteiger partial charge in [-0.05, 0) is 48.9 Å². The van der Waals surface area contributed by atoms with Crippen molar-refractivity contribution in [1.82, 2.24) is 5.16 Å². The number of aromatic nitrogens is 1. The Morgan fingerprint density at radius 3 is 2.33 bits per heavy atom. The lowest BCUT2D eigenvalue weighted by Gasteiger charge is -2.23. The molecule has 1 aliphatic heterocycles. The van der Waals surface area contributed by atoms with Crippen molar-refractivity contribution >= 4 is 58.1 Å². The van der Waals surface area contributed by atoms with Crippen LogP contribution in [-0.4, -0.2) is 22.0 Å². The normalized spacial score (nSPS) is 18.3. The molecule has 1 atom stereocenters. The van der Waals surface area contributed by atoms with Crippen LogP contribution in [0.5, 0.6) is 0 Å². The second kappa shape index (κ2) is 7.80. The van der Waals surface area contributed by atoms with Gasteiger partial charge in [-0.2, -0.15) is 0 Å². The minimum Gasteiger partial charge on any atom is -0.507 e. The summed E-state index contributed by atoms with van der Waals surface area (Å²) in [5.41, 5.74) is 0.694. The van der Waals surface area contributed by atoms with E-state index in [9.17, 15) is 14.7 Å². The molecule has 9 heteroatoms. The van der Waals surface area contributed by atoms with Crippen molar-refractivity contribution in [2.45, 2.75) is 13.0 Å². The molecule has 0 unspecified atom stereocenters. The number of carbonyl (C=O) groups excluding carboxylic acids is 2. The minimum absolute atomic E-state index is 0.110. The number of aliphatic hydroxyl groups excluding tert-OH is 1. The van der Waals surface area contributed by atoms with E-state index in [4.69, 9.17) is 39.3 Å². The number of amides is 1. The predicted molar refractivity (Wildman–Crippen MR) is 114 cm³/mol. The van der Waals surface area contributed by atoms with Gasteiger partial charge in [-0.3, -0.25) is 14.5 Å². The van der Waals surface area contributed by atoms with Gasteiger partial charge < -0.3 is 9.63 Å². The largest absolute Gasteiger partial charge is 0.507 e. The summed E-state index contributed by atoms with van der Waals surface area (Å²) in [6, 6.07) is 11.5. The van der Waals surface area contributed by atoms with Gasteiger partial charge >= 0.3 is 5.91 Å². The zero-order valence-corrected chi connectivity index (χ0v) is 17.7. The molecule has 4 rings (SSSR count). The van der Waals surface area contributed by atoms with Crippen LogP contribution in [0.15, 0.2) is 58.6 Å². The van der Waals surface area contributed by atoms with Crippen LogP contribution >= 0.6 is 34.8 Å². The lowest BCUT2D eigenvalue weighted by molar-refractivity contribution is -0.132. The van der Waals surface area contributed by atoms with Crippen molar-refractivity contribution in [2.75, 3.05) is 4.90 Å². The summed E-state index contributed by atoms with van der Waals surface area (Å²) in [5, 5.41) is 15.8. The SMILES string of the molecule is Cc1cc(N2C(=O)C(=O)/C(=C(/O)c3ccc(Cl)cc3)[C@@H]2c2ccc(Cl)c(Cl)c2)no1. The summed E-state index contributed by atoms with van der Waals surface area (Å²) in [6.07, 6.45) is 0. The highest BCUT2D eigenvalue weighted by Gasteiger charge is 2.48. The lowest BCUT2D eigenvalue weighted by atomic mass is 9.95. The zero-order valence-electron chi connectivity index (χ0n) is 15.4. The van der Waals surface area contributed by atoms with E-state index in [2.05, 4.69) is 5.16 Å². The summed E-state index contributed by atoms with van der Waals surface area (Å²) in [5.74, 6) is -1.46. The first-order valence-electron chi connectivity index (χ1n) is 8.73. The van der Waals surface area contributed by atoms with E-state index in [1.807, 2.05) is 0 Å². The molecule has 1 aliphatic rings. The molecule has 1 amide bonds. The molecule has 1 fully saturated rings. The van der Waals surface area contributed by atoms with E-state index in [0.29, 0.717) is 26.9 Å². The minimum atomic E-state index is -0.986. The van der Waals surface area contributed by atoms with E-state index in [-0.39, 0.29) is 22.2 Å². The number of nitrogens with zero attached hydrogens (tertiary/aromatic N) is 2. The van der Waals surface area contributed by atoms with Crippen LogP contribution in [-0.2, 0) is 9.59 Å². The lowest BCUT2D eigenvalue weighted by Crippen LogP contribution is -2.29. The van der Waals surface area contributed by atoms with Crippen LogP contribution in [0.4, 0.5) is 5.82 Å². The van der Waals surface area contributed by atoms with Crippen molar-refractivity contribution in [2.24, 2.45) is 0 Å². The quantitative estimate of drug-likeness (QED) is 0.312. The van der Waals surface area contributed by atoms with Crippen LogP contribution < -0.4 is 4.90 Å². The smallest absolute Gasteiger partial charge is 0.301 e. The maximum atomic E-state index is 13.0. The van der Waals surface area contributed by atoms with E-state index in [1.165, 1.54) is 17.0 Å². The van der Waals surface area contributed by atoms with Crippen molar-refractivity contribution in [3.63, 3.8) is 0 Å². The number of ketones is 1. The van der Waals surface area contributed by atoms with E-state index >= 15 is 0 Å². The van der Waals surface area contributed by atoms with Crippen molar-refractivity contribution in [3.05, 3.63) is 86.1 Å². The Morgan fingerprint density at radius 1 is 1.03 bits per heavy atom. The molecule has 0 aliphatic carbocycles. The Morgan fingerprint density at radius 2 is 1.73 bits per heavy atom. The first kappa shape index (κ1) is 20.5. The Hall–Kier alpha value is -2.80. The van der Waals surface area contributed by atoms with Crippen LogP contribution in [0, 0.1) is 6.92 Å². The molecule has 0 bridgehead atoms. The Labute approximate surface area is 186 Å². The third kappa shape index (κ3) is 3.47. The number of Topliss-reactive ketones (excluding diaryl/α,β-unsaturated/α-hetero) is 1. The number of rotatable bonds is 3. The predicted octanol–water partition coefficient (Wildman–Crippen LogP) is 5.57. The number of aliphatic hydroxyl groups is 1. The number of hydrogen-bond donors (Lipinski definition) is 1. The molecular formula is C21H13Cl3N2O4. The molecule has 1 saturated heterocycles. The second-order valence-corrected chi connectivity index (χ2v) is 7.90. The molecule has 0 spiro atoms. The van der Waals surface area contributed by atoms with Crippen molar-refractivity contribution in [1.29, 1.82) is 0 Å². The highest BCUT2D eigenvalue weighted by atomic mass is 35.5. The van der Waals surface area contributed by atoms with Crippen LogP contribution in [0.2, 0.25) is 15.1 Å². The van der Waals surface area contributed by atoms with Gasteiger partial charge in [0.05, 0.1) is 21.7 Å². The third-order valence-electron chi connectivity index (χ3n) is 4.68. The number of anilines is 1. The van der Waals surface area contributed by atoms with Crippen LogP contribution in [0.3, 0.4) is 0 Å². The Kier molecular flexibility index (Phi) is 5.32.